The Labute approximate surface area is 395 Å². The second-order valence-electron chi connectivity index (χ2n) is 18.5. The molecule has 0 radical (unpaired) electrons. The summed E-state index contributed by atoms with van der Waals surface area (Å²) in [5.41, 5.74) is 5.44. The maximum Gasteiger partial charge on any atom is 0.247 e. The summed E-state index contributed by atoms with van der Waals surface area (Å²) in [6, 6.07) is 37.5. The number of likely N-dealkylation sites (tertiary alicyclic amines) is 4. The zero-order chi connectivity index (χ0) is 47.1. The zero-order valence-corrected chi connectivity index (χ0v) is 38.1. The van der Waals surface area contributed by atoms with Gasteiger partial charge in [-0.15, -0.1) is 0 Å². The quantitative estimate of drug-likeness (QED) is 0.109. The molecule has 5 aromatic carbocycles. The van der Waals surface area contributed by atoms with Gasteiger partial charge in [-0.25, -0.2) is 13.2 Å². The molecule has 2 unspecified atom stereocenters. The molecule has 0 aliphatic carbocycles. The number of rotatable bonds is 15. The molecule has 11 nitrogen and oxygen atoms in total. The van der Waals surface area contributed by atoms with Gasteiger partial charge in [0.15, 0.2) is 0 Å². The standard InChI is InChI=1S/C54H58F3N7O4/c55-41-19-25-46(26-20-41)62(33-37-15-21-44(22-16-37)58-51(65)47-13-7-29-63(47)53(67)49(39-9-3-1-4-10-39)60-31-27-42(56)35-60)34-38-17-23-45(24-18-38)59-52(66)48-14-8-30-64(48)54(68)50(40-11-5-2-6-12-40)61-32-28-43(57)36-61/h1-6,9-12,15-26,42-43,47-50H,7-8,13-14,27-36H2,(H,58,65)(H,59,66)/t42-,43-,47-,48?,49-,50?/m0/s1. The van der Waals surface area contributed by atoms with E-state index >= 15 is 0 Å². The van der Waals surface area contributed by atoms with Crippen LogP contribution in [0.4, 0.5) is 30.2 Å². The van der Waals surface area contributed by atoms with Crippen LogP contribution < -0.4 is 15.5 Å². The predicted octanol–water partition coefficient (Wildman–Crippen LogP) is 8.46. The highest BCUT2D eigenvalue weighted by molar-refractivity contribution is 5.99. The molecule has 0 aromatic heterocycles. The van der Waals surface area contributed by atoms with Crippen LogP contribution in [0.1, 0.15) is 72.9 Å². The summed E-state index contributed by atoms with van der Waals surface area (Å²) in [4.78, 5) is 65.1. The monoisotopic (exact) mass is 925 g/mol. The Morgan fingerprint density at radius 1 is 0.529 bits per heavy atom. The van der Waals surface area contributed by atoms with Crippen LogP contribution in [-0.4, -0.2) is 107 Å². The van der Waals surface area contributed by atoms with Gasteiger partial charge in [0.2, 0.25) is 23.6 Å². The lowest BCUT2D eigenvalue weighted by molar-refractivity contribution is -0.141. The number of nitrogens with zero attached hydrogens (tertiary/aromatic N) is 5. The van der Waals surface area contributed by atoms with Gasteiger partial charge in [0.1, 0.15) is 42.3 Å². The fourth-order valence-corrected chi connectivity index (χ4v) is 10.3. The molecule has 14 heteroatoms. The lowest BCUT2D eigenvalue weighted by atomic mass is 10.0. The molecule has 6 atom stereocenters. The summed E-state index contributed by atoms with van der Waals surface area (Å²) in [7, 11) is 0. The van der Waals surface area contributed by atoms with Gasteiger partial charge < -0.3 is 25.3 Å². The Morgan fingerprint density at radius 2 is 0.941 bits per heavy atom. The van der Waals surface area contributed by atoms with Crippen LogP contribution in [-0.2, 0) is 32.3 Å². The largest absolute Gasteiger partial charge is 0.363 e. The first-order valence-corrected chi connectivity index (χ1v) is 23.8. The average molecular weight is 926 g/mol. The van der Waals surface area contributed by atoms with Crippen molar-refractivity contribution in [3.05, 3.63) is 162 Å². The number of carbonyl (C=O) groups is 4. The van der Waals surface area contributed by atoms with Crippen molar-refractivity contribution >= 4 is 40.7 Å². The first-order valence-electron chi connectivity index (χ1n) is 23.8. The third kappa shape index (κ3) is 10.8. The smallest absolute Gasteiger partial charge is 0.247 e. The van der Waals surface area contributed by atoms with Gasteiger partial charge in [0.25, 0.3) is 0 Å². The molecule has 0 bridgehead atoms. The van der Waals surface area contributed by atoms with Crippen molar-refractivity contribution < 1.29 is 32.3 Å². The van der Waals surface area contributed by atoms with E-state index in [4.69, 9.17) is 0 Å². The molecule has 4 fully saturated rings. The number of carbonyl (C=O) groups excluding carboxylic acids is 4. The van der Waals surface area contributed by atoms with E-state index < -0.39 is 36.5 Å². The Morgan fingerprint density at radius 3 is 1.32 bits per heavy atom. The molecular formula is C54H58F3N7O4. The van der Waals surface area contributed by atoms with Crippen LogP contribution in [0.2, 0.25) is 0 Å². The summed E-state index contributed by atoms with van der Waals surface area (Å²) in [5, 5.41) is 6.05. The molecule has 5 aromatic rings. The van der Waals surface area contributed by atoms with Crippen molar-refractivity contribution in [3.63, 3.8) is 0 Å². The van der Waals surface area contributed by atoms with E-state index in [0.29, 0.717) is 89.2 Å². The van der Waals surface area contributed by atoms with Gasteiger partial charge in [-0.3, -0.25) is 29.0 Å². The fourth-order valence-electron chi connectivity index (χ4n) is 10.3. The molecule has 4 heterocycles. The van der Waals surface area contributed by atoms with E-state index in [1.807, 2.05) is 119 Å². The first-order chi connectivity index (χ1) is 33.1. The highest BCUT2D eigenvalue weighted by Gasteiger charge is 2.43. The Kier molecular flexibility index (Phi) is 14.5. The van der Waals surface area contributed by atoms with Gasteiger partial charge in [-0.1, -0.05) is 84.9 Å². The molecule has 354 valence electrons. The molecular weight excluding hydrogens is 868 g/mol. The number of amides is 4. The lowest BCUT2D eigenvalue weighted by Gasteiger charge is -2.33. The van der Waals surface area contributed by atoms with Gasteiger partial charge in [-0.2, -0.15) is 0 Å². The molecule has 4 amide bonds. The molecule has 9 rings (SSSR count). The normalized spacial score (nSPS) is 21.7. The third-order valence-corrected chi connectivity index (χ3v) is 13.8. The number of anilines is 3. The second-order valence-corrected chi connectivity index (χ2v) is 18.5. The van der Waals surface area contributed by atoms with Gasteiger partial charge in [-0.05, 0) is 109 Å². The fraction of sp³-hybridized carbons (Fsp3) is 0.370. The van der Waals surface area contributed by atoms with E-state index in [2.05, 4.69) is 15.5 Å². The molecule has 4 aliphatic heterocycles. The zero-order valence-electron chi connectivity index (χ0n) is 38.1. The maximum absolute atomic E-state index is 14.4. The van der Waals surface area contributed by atoms with Gasteiger partial charge in [0, 0.05) is 69.4 Å². The van der Waals surface area contributed by atoms with Crippen LogP contribution >= 0.6 is 0 Å². The van der Waals surface area contributed by atoms with Crippen molar-refractivity contribution in [3.8, 4) is 0 Å². The predicted molar refractivity (Wildman–Crippen MR) is 256 cm³/mol. The molecule has 0 spiro atoms. The minimum absolute atomic E-state index is 0.180. The number of nitrogens with one attached hydrogen (secondary N) is 2. The van der Waals surface area contributed by atoms with Gasteiger partial charge >= 0.3 is 0 Å². The molecule has 4 aliphatic rings. The summed E-state index contributed by atoms with van der Waals surface area (Å²) in [5.74, 6) is -1.26. The number of alkyl halides is 2. The number of hydrogen-bond acceptors (Lipinski definition) is 7. The van der Waals surface area contributed by atoms with E-state index in [1.165, 1.54) is 12.1 Å². The summed E-state index contributed by atoms with van der Waals surface area (Å²) in [6.07, 6.45) is 1.20. The first kappa shape index (κ1) is 46.6. The van der Waals surface area contributed by atoms with Crippen LogP contribution in [0.15, 0.2) is 133 Å². The van der Waals surface area contributed by atoms with Gasteiger partial charge in [0.05, 0.1) is 0 Å². The van der Waals surface area contributed by atoms with Crippen molar-refractivity contribution in [2.75, 3.05) is 54.8 Å². The van der Waals surface area contributed by atoms with Crippen LogP contribution in [0.5, 0.6) is 0 Å². The molecule has 68 heavy (non-hydrogen) atoms. The van der Waals surface area contributed by atoms with Crippen LogP contribution in [0, 0.1) is 5.82 Å². The molecule has 4 saturated heterocycles. The number of benzene rings is 5. The molecule has 0 saturated carbocycles. The minimum atomic E-state index is -0.991. The highest BCUT2D eigenvalue weighted by Crippen LogP contribution is 2.34. The topological polar surface area (TPSA) is 109 Å². The number of hydrogen-bond donors (Lipinski definition) is 2. The van der Waals surface area contributed by atoms with Crippen LogP contribution in [0.25, 0.3) is 0 Å². The molecule has 2 N–H and O–H groups in total. The van der Waals surface area contributed by atoms with E-state index in [1.54, 1.807) is 21.9 Å². The summed E-state index contributed by atoms with van der Waals surface area (Å²) in [6.45, 7) is 3.12. The minimum Gasteiger partial charge on any atom is -0.363 e. The van der Waals surface area contributed by atoms with Crippen molar-refractivity contribution in [2.24, 2.45) is 0 Å². The van der Waals surface area contributed by atoms with Crippen molar-refractivity contribution in [1.29, 1.82) is 0 Å². The summed E-state index contributed by atoms with van der Waals surface area (Å²) >= 11 is 0. The average Bonchev–Trinajstić information content (AvgIpc) is 4.20. The lowest BCUT2D eigenvalue weighted by Crippen LogP contribution is -2.48. The van der Waals surface area contributed by atoms with E-state index in [9.17, 15) is 32.3 Å². The van der Waals surface area contributed by atoms with E-state index in [-0.39, 0.29) is 42.5 Å². The van der Waals surface area contributed by atoms with E-state index in [0.717, 1.165) is 27.9 Å². The Balaban J connectivity index is 0.832. The third-order valence-electron chi connectivity index (χ3n) is 13.8. The highest BCUT2D eigenvalue weighted by atomic mass is 19.1. The Hall–Kier alpha value is -6.51. The maximum atomic E-state index is 14.4. The van der Waals surface area contributed by atoms with Crippen LogP contribution in [0.3, 0.4) is 0 Å². The SMILES string of the molecule is O=C(Nc1ccc(CN(Cc2ccc(NC(=O)[C@@H]3CCCN3C(=O)[C@H](c3ccccc3)N3CC[C@H](F)C3)cc2)c2ccc(F)cc2)cc1)C1CCCN1C(=O)C(c1ccccc1)N1CC[C@H](F)C1. The number of halogens is 3. The van der Waals surface area contributed by atoms with Crippen molar-refractivity contribution in [1.82, 2.24) is 19.6 Å². The van der Waals surface area contributed by atoms with Crippen molar-refractivity contribution in [2.45, 2.75) is 88.1 Å². The Bertz CT molecular complexity index is 2370. The summed E-state index contributed by atoms with van der Waals surface area (Å²) < 4.78 is 42.8. The second kappa shape index (κ2) is 21.2.